The zero-order chi connectivity index (χ0) is 20.6. The van der Waals surface area contributed by atoms with Crippen LogP contribution in [0.15, 0.2) is 35.5 Å². The van der Waals surface area contributed by atoms with Gasteiger partial charge in [-0.15, -0.1) is 0 Å². The predicted octanol–water partition coefficient (Wildman–Crippen LogP) is 2.58. The summed E-state index contributed by atoms with van der Waals surface area (Å²) in [7, 11) is -3.49. The molecule has 28 heavy (non-hydrogen) atoms. The van der Waals surface area contributed by atoms with Crippen LogP contribution in [0.2, 0.25) is 0 Å². The van der Waals surface area contributed by atoms with Crippen LogP contribution in [0.3, 0.4) is 0 Å². The summed E-state index contributed by atoms with van der Waals surface area (Å²) < 4.78 is 25.5. The van der Waals surface area contributed by atoms with Crippen LogP contribution in [-0.2, 0) is 15.8 Å². The molecule has 0 saturated carbocycles. The molecule has 2 rings (SSSR count). The van der Waals surface area contributed by atoms with Crippen molar-refractivity contribution < 1.29 is 13.5 Å². The highest BCUT2D eigenvalue weighted by Crippen LogP contribution is 2.24. The molecular weight excluding hydrogens is 398 g/mol. The molecule has 0 spiro atoms. The number of sulfonamides is 1. The molecule has 0 fully saturated rings. The lowest BCUT2D eigenvalue weighted by Crippen LogP contribution is -2.24. The minimum atomic E-state index is -3.49. The number of thioether (sulfide) groups is 1. The number of nitrogens with zero attached hydrogens (tertiary/aromatic N) is 3. The van der Waals surface area contributed by atoms with E-state index in [4.69, 9.17) is 5.26 Å². The minimum absolute atomic E-state index is 0.0552. The van der Waals surface area contributed by atoms with E-state index in [-0.39, 0.29) is 18.5 Å². The molecule has 0 aliphatic rings. The SMILES string of the molecule is CCC[C@H](CO)Nc1cc(NS(C)(=O)=O)nc(SCc2ccc(C#N)cc2)n1. The number of aliphatic hydroxyl groups is 1. The number of anilines is 2. The van der Waals surface area contributed by atoms with Crippen molar-refractivity contribution in [2.45, 2.75) is 36.7 Å². The molecule has 1 heterocycles. The standard InChI is InChI=1S/C18H23N5O3S2/c1-3-4-15(11-24)20-16-9-17(23-28(2,25)26)22-18(21-16)27-12-14-7-5-13(10-19)6-8-14/h5-9,15,24H,3-4,11-12H2,1-2H3,(H2,20,21,22,23)/t15-/m1/s1. The fourth-order valence-corrected chi connectivity index (χ4v) is 3.69. The number of benzene rings is 1. The maximum Gasteiger partial charge on any atom is 0.230 e. The van der Waals surface area contributed by atoms with Crippen LogP contribution < -0.4 is 10.0 Å². The van der Waals surface area contributed by atoms with Crippen molar-refractivity contribution in [1.82, 2.24) is 9.97 Å². The van der Waals surface area contributed by atoms with Crippen LogP contribution in [0, 0.1) is 11.3 Å². The number of hydrogen-bond acceptors (Lipinski definition) is 8. The summed E-state index contributed by atoms with van der Waals surface area (Å²) in [6.45, 7) is 1.96. The van der Waals surface area contributed by atoms with E-state index in [0.29, 0.717) is 22.3 Å². The Bertz CT molecular complexity index is 927. The van der Waals surface area contributed by atoms with Gasteiger partial charge in [-0.3, -0.25) is 4.72 Å². The van der Waals surface area contributed by atoms with Gasteiger partial charge in [0.25, 0.3) is 0 Å². The Labute approximate surface area is 169 Å². The molecule has 1 aromatic carbocycles. The number of rotatable bonds is 10. The molecule has 10 heteroatoms. The molecule has 3 N–H and O–H groups in total. The van der Waals surface area contributed by atoms with E-state index in [9.17, 15) is 13.5 Å². The molecule has 1 aromatic heterocycles. The predicted molar refractivity (Wildman–Crippen MR) is 111 cm³/mol. The third kappa shape index (κ3) is 7.34. The molecule has 150 valence electrons. The van der Waals surface area contributed by atoms with Crippen LogP contribution in [-0.4, -0.2) is 42.4 Å². The molecule has 8 nitrogen and oxygen atoms in total. The minimum Gasteiger partial charge on any atom is -0.394 e. The van der Waals surface area contributed by atoms with Gasteiger partial charge < -0.3 is 10.4 Å². The summed E-state index contributed by atoms with van der Waals surface area (Å²) in [4.78, 5) is 8.68. The Morgan fingerprint density at radius 2 is 1.93 bits per heavy atom. The first-order valence-corrected chi connectivity index (χ1v) is 11.6. The summed E-state index contributed by atoms with van der Waals surface area (Å²) in [5.41, 5.74) is 1.57. The van der Waals surface area contributed by atoms with Crippen molar-refractivity contribution in [3.63, 3.8) is 0 Å². The van der Waals surface area contributed by atoms with Gasteiger partial charge in [-0.2, -0.15) is 5.26 Å². The van der Waals surface area contributed by atoms with Gasteiger partial charge in [0.1, 0.15) is 11.6 Å². The van der Waals surface area contributed by atoms with Crippen molar-refractivity contribution in [2.24, 2.45) is 0 Å². The zero-order valence-electron chi connectivity index (χ0n) is 15.7. The smallest absolute Gasteiger partial charge is 0.230 e. The van der Waals surface area contributed by atoms with Crippen LogP contribution in [0.4, 0.5) is 11.6 Å². The topological polar surface area (TPSA) is 128 Å². The summed E-state index contributed by atoms with van der Waals surface area (Å²) in [6.07, 6.45) is 2.69. The average molecular weight is 422 g/mol. The van der Waals surface area contributed by atoms with Crippen molar-refractivity contribution in [3.05, 3.63) is 41.5 Å². The first-order chi connectivity index (χ1) is 13.3. The highest BCUT2D eigenvalue weighted by molar-refractivity contribution is 7.98. The summed E-state index contributed by atoms with van der Waals surface area (Å²) in [5, 5.41) is 21.9. The Morgan fingerprint density at radius 1 is 1.25 bits per heavy atom. The first kappa shape index (κ1) is 21.9. The van der Waals surface area contributed by atoms with Gasteiger partial charge >= 0.3 is 0 Å². The van der Waals surface area contributed by atoms with Gasteiger partial charge in [0.05, 0.1) is 30.5 Å². The third-order valence-corrected chi connectivity index (χ3v) is 5.15. The van der Waals surface area contributed by atoms with Crippen LogP contribution >= 0.6 is 11.8 Å². The van der Waals surface area contributed by atoms with Crippen LogP contribution in [0.1, 0.15) is 30.9 Å². The summed E-state index contributed by atoms with van der Waals surface area (Å²) >= 11 is 1.35. The number of hydrogen-bond donors (Lipinski definition) is 3. The fraction of sp³-hybridized carbons (Fsp3) is 0.389. The molecule has 0 aliphatic carbocycles. The van der Waals surface area contributed by atoms with E-state index < -0.39 is 10.0 Å². The van der Waals surface area contributed by atoms with Crippen LogP contribution in [0.25, 0.3) is 0 Å². The van der Waals surface area contributed by atoms with Crippen molar-refractivity contribution in [1.29, 1.82) is 5.26 Å². The second-order valence-corrected chi connectivity index (χ2v) is 8.90. The molecule has 0 unspecified atom stereocenters. The fourth-order valence-electron chi connectivity index (χ4n) is 2.40. The van der Waals surface area contributed by atoms with Gasteiger partial charge in [-0.1, -0.05) is 37.2 Å². The van der Waals surface area contributed by atoms with Gasteiger partial charge in [-0.05, 0) is 24.1 Å². The van der Waals surface area contributed by atoms with Crippen LogP contribution in [0.5, 0.6) is 0 Å². The Balaban J connectivity index is 2.21. The van der Waals surface area contributed by atoms with Gasteiger partial charge in [0.2, 0.25) is 10.0 Å². The van der Waals surface area contributed by atoms with E-state index in [1.54, 1.807) is 12.1 Å². The number of nitriles is 1. The van der Waals surface area contributed by atoms with Gasteiger partial charge in [0, 0.05) is 11.8 Å². The van der Waals surface area contributed by atoms with E-state index in [1.807, 2.05) is 19.1 Å². The van der Waals surface area contributed by atoms with E-state index in [1.165, 1.54) is 17.8 Å². The molecule has 0 aliphatic heterocycles. The molecule has 0 bridgehead atoms. The second-order valence-electron chi connectivity index (χ2n) is 6.21. The van der Waals surface area contributed by atoms with E-state index in [0.717, 1.165) is 24.7 Å². The second kappa shape index (κ2) is 10.3. The number of aromatic nitrogens is 2. The van der Waals surface area contributed by atoms with Gasteiger partial charge in [0.15, 0.2) is 5.16 Å². The normalized spacial score (nSPS) is 12.2. The highest BCUT2D eigenvalue weighted by Gasteiger charge is 2.12. The van der Waals surface area contributed by atoms with E-state index in [2.05, 4.69) is 26.1 Å². The monoisotopic (exact) mass is 421 g/mol. The summed E-state index contributed by atoms with van der Waals surface area (Å²) in [5.74, 6) is 1.16. The quantitative estimate of drug-likeness (QED) is 0.394. The average Bonchev–Trinajstić information content (AvgIpc) is 2.65. The van der Waals surface area contributed by atoms with Gasteiger partial charge in [-0.25, -0.2) is 18.4 Å². The van der Waals surface area contributed by atoms with Crippen molar-refractivity contribution in [2.75, 3.05) is 22.9 Å². The molecule has 2 aromatic rings. The van der Waals surface area contributed by atoms with Crippen molar-refractivity contribution in [3.8, 4) is 6.07 Å². The lowest BCUT2D eigenvalue weighted by atomic mass is 10.2. The molecular formula is C18H23N5O3S2. The lowest BCUT2D eigenvalue weighted by Gasteiger charge is -2.17. The molecule has 1 atom stereocenters. The Kier molecular flexibility index (Phi) is 8.04. The Hall–Kier alpha value is -2.35. The Morgan fingerprint density at radius 3 is 2.50 bits per heavy atom. The van der Waals surface area contributed by atoms with E-state index >= 15 is 0 Å². The largest absolute Gasteiger partial charge is 0.394 e. The lowest BCUT2D eigenvalue weighted by molar-refractivity contribution is 0.268. The summed E-state index contributed by atoms with van der Waals surface area (Å²) in [6, 6.07) is 10.6. The third-order valence-electron chi connectivity index (χ3n) is 3.66. The molecule has 0 amide bonds. The maximum atomic E-state index is 11.6. The number of aliphatic hydroxyl groups excluding tert-OH is 1. The first-order valence-electron chi connectivity index (χ1n) is 8.69. The van der Waals surface area contributed by atoms with Crippen molar-refractivity contribution >= 4 is 33.4 Å². The molecule has 0 saturated heterocycles. The molecule has 0 radical (unpaired) electrons. The maximum absolute atomic E-state index is 11.6. The number of nitrogens with one attached hydrogen (secondary N) is 2. The zero-order valence-corrected chi connectivity index (χ0v) is 17.3. The highest BCUT2D eigenvalue weighted by atomic mass is 32.2.